The van der Waals surface area contributed by atoms with Crippen LogP contribution in [0.4, 0.5) is 5.69 Å². The Morgan fingerprint density at radius 3 is 2.63 bits per heavy atom. The van der Waals surface area contributed by atoms with Crippen LogP contribution in [0.15, 0.2) is 39.5 Å². The summed E-state index contributed by atoms with van der Waals surface area (Å²) >= 11 is 0. The Kier molecular flexibility index (Phi) is 5.57. The lowest BCUT2D eigenvalue weighted by molar-refractivity contribution is 0.287. The van der Waals surface area contributed by atoms with Crippen molar-refractivity contribution in [2.24, 2.45) is 0 Å². The normalized spacial score (nSPS) is 13.1. The standard InChI is InChI=1S/C24H27NO5/c1-5-6-7-16-11-22(26)30-24-15(2)23-17(10-19(16)24)13-25(14-29-23)18-8-9-20(27-3)21(12-18)28-4/h8-12H,5-7,13-14H2,1-4H3. The second-order valence-corrected chi connectivity index (χ2v) is 7.57. The van der Waals surface area contributed by atoms with Gasteiger partial charge in [-0.05, 0) is 43.5 Å². The van der Waals surface area contributed by atoms with Crippen molar-refractivity contribution < 1.29 is 18.6 Å². The van der Waals surface area contributed by atoms with Gasteiger partial charge < -0.3 is 23.5 Å². The molecule has 0 N–H and O–H groups in total. The van der Waals surface area contributed by atoms with Crippen molar-refractivity contribution in [1.29, 1.82) is 0 Å². The van der Waals surface area contributed by atoms with Gasteiger partial charge in [0.1, 0.15) is 11.3 Å². The molecule has 0 atom stereocenters. The van der Waals surface area contributed by atoms with Crippen molar-refractivity contribution in [3.05, 3.63) is 57.4 Å². The summed E-state index contributed by atoms with van der Waals surface area (Å²) in [4.78, 5) is 14.2. The molecule has 1 aliphatic rings. The Labute approximate surface area is 176 Å². The van der Waals surface area contributed by atoms with Crippen LogP contribution in [0.3, 0.4) is 0 Å². The van der Waals surface area contributed by atoms with E-state index in [1.54, 1.807) is 20.3 Å². The van der Waals surface area contributed by atoms with Crippen LogP contribution in [0.1, 0.15) is 36.5 Å². The first-order valence-corrected chi connectivity index (χ1v) is 10.2. The van der Waals surface area contributed by atoms with Crippen LogP contribution in [0.25, 0.3) is 11.0 Å². The lowest BCUT2D eigenvalue weighted by Gasteiger charge is -2.32. The van der Waals surface area contributed by atoms with Crippen LogP contribution in [0.2, 0.25) is 0 Å². The summed E-state index contributed by atoms with van der Waals surface area (Å²) in [7, 11) is 3.25. The molecule has 0 amide bonds. The van der Waals surface area contributed by atoms with E-state index >= 15 is 0 Å². The number of aryl methyl sites for hydroxylation is 2. The largest absolute Gasteiger partial charge is 0.493 e. The molecule has 0 unspecified atom stereocenters. The zero-order chi connectivity index (χ0) is 21.3. The van der Waals surface area contributed by atoms with E-state index in [9.17, 15) is 4.79 Å². The zero-order valence-corrected chi connectivity index (χ0v) is 17.9. The van der Waals surface area contributed by atoms with E-state index in [0.717, 1.165) is 52.8 Å². The van der Waals surface area contributed by atoms with Crippen molar-refractivity contribution in [3.8, 4) is 17.2 Å². The number of anilines is 1. The number of nitrogens with zero attached hydrogens (tertiary/aromatic N) is 1. The van der Waals surface area contributed by atoms with Gasteiger partial charge in [-0.3, -0.25) is 0 Å². The summed E-state index contributed by atoms with van der Waals surface area (Å²) in [5.74, 6) is 2.17. The number of benzene rings is 2. The highest BCUT2D eigenvalue weighted by atomic mass is 16.5. The van der Waals surface area contributed by atoms with Gasteiger partial charge in [0.2, 0.25) is 0 Å². The summed E-state index contributed by atoms with van der Waals surface area (Å²) in [6.45, 7) is 5.19. The second-order valence-electron chi connectivity index (χ2n) is 7.57. The zero-order valence-electron chi connectivity index (χ0n) is 17.9. The highest BCUT2D eigenvalue weighted by molar-refractivity contribution is 5.86. The lowest BCUT2D eigenvalue weighted by atomic mass is 9.98. The molecule has 3 aromatic rings. The van der Waals surface area contributed by atoms with Gasteiger partial charge >= 0.3 is 5.63 Å². The van der Waals surface area contributed by atoms with E-state index in [1.807, 2.05) is 25.1 Å². The molecule has 2 aromatic carbocycles. The molecule has 1 aliphatic heterocycles. The fraction of sp³-hybridized carbons (Fsp3) is 0.375. The molecule has 0 fully saturated rings. The van der Waals surface area contributed by atoms with E-state index in [0.29, 0.717) is 30.4 Å². The smallest absolute Gasteiger partial charge is 0.336 e. The molecule has 0 aliphatic carbocycles. The van der Waals surface area contributed by atoms with E-state index < -0.39 is 0 Å². The molecular weight excluding hydrogens is 382 g/mol. The summed E-state index contributed by atoms with van der Waals surface area (Å²) in [6.07, 6.45) is 2.96. The number of unbranched alkanes of at least 4 members (excludes halogenated alkanes) is 1. The van der Waals surface area contributed by atoms with Gasteiger partial charge in [0.05, 0.1) is 14.2 Å². The van der Waals surface area contributed by atoms with Crippen LogP contribution >= 0.6 is 0 Å². The highest BCUT2D eigenvalue weighted by Gasteiger charge is 2.24. The maximum atomic E-state index is 12.1. The average molecular weight is 409 g/mol. The molecule has 1 aromatic heterocycles. The van der Waals surface area contributed by atoms with Gasteiger partial charge in [0, 0.05) is 40.9 Å². The summed E-state index contributed by atoms with van der Waals surface area (Å²) in [6, 6.07) is 9.58. The number of hydrogen-bond acceptors (Lipinski definition) is 6. The number of hydrogen-bond donors (Lipinski definition) is 0. The van der Waals surface area contributed by atoms with Crippen LogP contribution < -0.4 is 24.7 Å². The second kappa shape index (κ2) is 8.30. The third kappa shape index (κ3) is 3.58. The Balaban J connectivity index is 1.75. The average Bonchev–Trinajstić information content (AvgIpc) is 2.77. The van der Waals surface area contributed by atoms with Gasteiger partial charge in [0.25, 0.3) is 0 Å². The minimum Gasteiger partial charge on any atom is -0.493 e. The SMILES string of the molecule is CCCCc1cc(=O)oc2c(C)c3c(cc12)CN(c1ccc(OC)c(OC)c1)CO3. The van der Waals surface area contributed by atoms with Crippen LogP contribution in [-0.4, -0.2) is 21.0 Å². The number of methoxy groups -OCH3 is 2. The molecule has 0 saturated carbocycles. The molecule has 2 heterocycles. The molecule has 158 valence electrons. The van der Waals surface area contributed by atoms with Crippen LogP contribution in [-0.2, 0) is 13.0 Å². The summed E-state index contributed by atoms with van der Waals surface area (Å²) < 4.78 is 22.5. The minimum atomic E-state index is -0.306. The van der Waals surface area contributed by atoms with Gasteiger partial charge in [-0.2, -0.15) is 0 Å². The Morgan fingerprint density at radius 1 is 1.10 bits per heavy atom. The summed E-state index contributed by atoms with van der Waals surface area (Å²) in [5, 5.41) is 0.997. The van der Waals surface area contributed by atoms with E-state index in [2.05, 4.69) is 17.9 Å². The lowest BCUT2D eigenvalue weighted by Crippen LogP contribution is -2.32. The monoisotopic (exact) mass is 409 g/mol. The molecule has 30 heavy (non-hydrogen) atoms. The molecular formula is C24H27NO5. The molecule has 6 nitrogen and oxygen atoms in total. The third-order valence-electron chi connectivity index (χ3n) is 5.63. The van der Waals surface area contributed by atoms with Crippen molar-refractivity contribution in [1.82, 2.24) is 0 Å². The predicted molar refractivity (Wildman–Crippen MR) is 117 cm³/mol. The predicted octanol–water partition coefficient (Wildman–Crippen LogP) is 4.82. The number of ether oxygens (including phenoxy) is 3. The first kappa shape index (κ1) is 20.1. The van der Waals surface area contributed by atoms with E-state index in [4.69, 9.17) is 18.6 Å². The number of fused-ring (bicyclic) bond motifs is 2. The fourth-order valence-corrected chi connectivity index (χ4v) is 4.05. The summed E-state index contributed by atoms with van der Waals surface area (Å²) in [5.41, 5.74) is 4.31. The van der Waals surface area contributed by atoms with Gasteiger partial charge in [-0.1, -0.05) is 13.3 Å². The van der Waals surface area contributed by atoms with Crippen molar-refractivity contribution in [2.75, 3.05) is 25.9 Å². The van der Waals surface area contributed by atoms with Gasteiger partial charge in [-0.25, -0.2) is 4.79 Å². The molecule has 0 saturated heterocycles. The van der Waals surface area contributed by atoms with Crippen molar-refractivity contribution in [2.45, 2.75) is 39.7 Å². The minimum absolute atomic E-state index is 0.306. The van der Waals surface area contributed by atoms with Crippen LogP contribution in [0.5, 0.6) is 17.2 Å². The quantitative estimate of drug-likeness (QED) is 0.544. The highest BCUT2D eigenvalue weighted by Crippen LogP contribution is 2.38. The van der Waals surface area contributed by atoms with Crippen molar-refractivity contribution >= 4 is 16.7 Å². The fourth-order valence-electron chi connectivity index (χ4n) is 4.05. The van der Waals surface area contributed by atoms with E-state index in [1.165, 1.54) is 0 Å². The molecule has 0 bridgehead atoms. The van der Waals surface area contributed by atoms with Crippen LogP contribution in [0, 0.1) is 6.92 Å². The maximum absolute atomic E-state index is 12.1. The number of rotatable bonds is 6. The topological polar surface area (TPSA) is 61.1 Å². The molecule has 0 radical (unpaired) electrons. The Hall–Kier alpha value is -3.15. The Morgan fingerprint density at radius 2 is 1.90 bits per heavy atom. The van der Waals surface area contributed by atoms with E-state index in [-0.39, 0.29) is 5.63 Å². The molecule has 0 spiro atoms. The van der Waals surface area contributed by atoms with Crippen molar-refractivity contribution in [3.63, 3.8) is 0 Å². The Bertz CT molecular complexity index is 1130. The van der Waals surface area contributed by atoms with Gasteiger partial charge in [0.15, 0.2) is 18.2 Å². The maximum Gasteiger partial charge on any atom is 0.336 e. The van der Waals surface area contributed by atoms with Gasteiger partial charge in [-0.15, -0.1) is 0 Å². The third-order valence-corrected chi connectivity index (χ3v) is 5.63. The first-order chi connectivity index (χ1) is 14.5. The molecule has 4 rings (SSSR count). The molecule has 6 heteroatoms. The first-order valence-electron chi connectivity index (χ1n) is 10.2.